The average molecular weight is 348 g/mol. The Bertz CT molecular complexity index is 498. The average Bonchev–Trinajstić information content (AvgIpc) is 2.67. The first-order chi connectivity index (χ1) is 8.90. The Morgan fingerprint density at radius 3 is 2.32 bits per heavy atom. The summed E-state index contributed by atoms with van der Waals surface area (Å²) in [7, 11) is -3.72. The third kappa shape index (κ3) is 5.18. The molecule has 0 saturated heterocycles. The molecule has 0 aliphatic heterocycles. The van der Waals surface area contributed by atoms with Crippen molar-refractivity contribution < 1.29 is 17.9 Å². The van der Waals surface area contributed by atoms with Crippen LogP contribution in [0.3, 0.4) is 0 Å². The lowest BCUT2D eigenvalue weighted by molar-refractivity contribution is -0.130. The van der Waals surface area contributed by atoms with Crippen molar-refractivity contribution in [2.24, 2.45) is 0 Å². The number of halogens is 2. The van der Waals surface area contributed by atoms with Gasteiger partial charge in [-0.25, -0.2) is 13.1 Å². The molecule has 0 aliphatic rings. The third-order valence-corrected chi connectivity index (χ3v) is 5.24. The quantitative estimate of drug-likeness (QED) is 0.734. The maximum atomic E-state index is 12.0. The lowest BCUT2D eigenvalue weighted by Gasteiger charge is -2.17. The smallest absolute Gasteiger partial charge is 0.243 e. The SMILES string of the molecule is CCOC(CNS(=O)(=O)c1cc(Cl)sc1Cl)OCC. The maximum absolute atomic E-state index is 12.0. The minimum absolute atomic E-state index is 0.00775. The van der Waals surface area contributed by atoms with Crippen LogP contribution in [0, 0.1) is 0 Å². The van der Waals surface area contributed by atoms with E-state index in [0.29, 0.717) is 17.6 Å². The largest absolute Gasteiger partial charge is 0.352 e. The number of thiophene rings is 1. The molecule has 0 bridgehead atoms. The molecule has 1 N–H and O–H groups in total. The van der Waals surface area contributed by atoms with Crippen LogP contribution in [0.4, 0.5) is 0 Å². The first kappa shape index (κ1) is 17.2. The van der Waals surface area contributed by atoms with Crippen molar-refractivity contribution in [3.63, 3.8) is 0 Å². The van der Waals surface area contributed by atoms with E-state index in [2.05, 4.69) is 4.72 Å². The zero-order chi connectivity index (χ0) is 14.5. The molecule has 0 amide bonds. The summed E-state index contributed by atoms with van der Waals surface area (Å²) in [5, 5.41) is 0. The van der Waals surface area contributed by atoms with E-state index in [1.54, 1.807) is 13.8 Å². The van der Waals surface area contributed by atoms with E-state index >= 15 is 0 Å². The van der Waals surface area contributed by atoms with Gasteiger partial charge >= 0.3 is 0 Å². The Hall–Kier alpha value is 0.110. The van der Waals surface area contributed by atoms with Gasteiger partial charge in [0, 0.05) is 13.2 Å². The normalized spacial score (nSPS) is 12.3. The van der Waals surface area contributed by atoms with Crippen molar-refractivity contribution in [1.29, 1.82) is 0 Å². The van der Waals surface area contributed by atoms with Crippen LogP contribution in [0.2, 0.25) is 8.67 Å². The molecule has 110 valence electrons. The molecule has 1 heterocycles. The lowest BCUT2D eigenvalue weighted by Crippen LogP contribution is -2.35. The molecule has 19 heavy (non-hydrogen) atoms. The molecular weight excluding hydrogens is 333 g/mol. The van der Waals surface area contributed by atoms with E-state index in [1.807, 2.05) is 0 Å². The Labute approximate surface area is 126 Å². The highest BCUT2D eigenvalue weighted by Crippen LogP contribution is 2.33. The van der Waals surface area contributed by atoms with Gasteiger partial charge in [-0.1, -0.05) is 23.2 Å². The zero-order valence-corrected chi connectivity index (χ0v) is 13.6. The third-order valence-electron chi connectivity index (χ3n) is 2.06. The van der Waals surface area contributed by atoms with E-state index in [0.717, 1.165) is 11.3 Å². The fourth-order valence-corrected chi connectivity index (χ4v) is 4.47. The molecule has 0 spiro atoms. The van der Waals surface area contributed by atoms with Gasteiger partial charge in [0.15, 0.2) is 6.29 Å². The molecule has 0 atom stereocenters. The number of sulfonamides is 1. The minimum atomic E-state index is -3.72. The van der Waals surface area contributed by atoms with Gasteiger partial charge < -0.3 is 9.47 Å². The molecule has 1 aromatic heterocycles. The Morgan fingerprint density at radius 2 is 1.89 bits per heavy atom. The molecule has 0 unspecified atom stereocenters. The molecule has 0 saturated carbocycles. The highest BCUT2D eigenvalue weighted by Gasteiger charge is 2.22. The predicted molar refractivity (Wildman–Crippen MR) is 76.6 cm³/mol. The predicted octanol–water partition coefficient (Wildman–Crippen LogP) is 2.73. The van der Waals surface area contributed by atoms with Crippen LogP contribution in [0.1, 0.15) is 13.8 Å². The molecule has 9 heteroatoms. The minimum Gasteiger partial charge on any atom is -0.352 e. The Balaban J connectivity index is 2.72. The van der Waals surface area contributed by atoms with Crippen molar-refractivity contribution in [3.8, 4) is 0 Å². The molecule has 1 aromatic rings. The molecule has 0 aromatic carbocycles. The summed E-state index contributed by atoms with van der Waals surface area (Å²) in [4.78, 5) is -0.0316. The lowest BCUT2D eigenvalue weighted by atomic mass is 10.6. The number of nitrogens with one attached hydrogen (secondary N) is 1. The zero-order valence-electron chi connectivity index (χ0n) is 10.5. The topological polar surface area (TPSA) is 64.6 Å². The van der Waals surface area contributed by atoms with Crippen molar-refractivity contribution >= 4 is 44.6 Å². The van der Waals surface area contributed by atoms with Gasteiger partial charge in [-0.2, -0.15) is 0 Å². The molecule has 0 fully saturated rings. The van der Waals surface area contributed by atoms with Crippen LogP contribution in [-0.4, -0.2) is 34.5 Å². The standard InChI is InChI=1S/C10H15Cl2NO4S2/c1-3-16-9(17-4-2)6-13-19(14,15)7-5-8(11)18-10(7)12/h5,9,13H,3-4,6H2,1-2H3. The maximum Gasteiger partial charge on any atom is 0.243 e. The summed E-state index contributed by atoms with van der Waals surface area (Å²) in [6.45, 7) is 4.47. The highest BCUT2D eigenvalue weighted by atomic mass is 35.5. The highest BCUT2D eigenvalue weighted by molar-refractivity contribution is 7.89. The van der Waals surface area contributed by atoms with Crippen LogP contribution in [0.5, 0.6) is 0 Å². The van der Waals surface area contributed by atoms with Gasteiger partial charge in [0.2, 0.25) is 10.0 Å². The summed E-state index contributed by atoms with van der Waals surface area (Å²) >= 11 is 12.5. The monoisotopic (exact) mass is 347 g/mol. The van der Waals surface area contributed by atoms with Crippen molar-refractivity contribution in [2.75, 3.05) is 19.8 Å². The summed E-state index contributed by atoms with van der Waals surface area (Å²) in [6, 6.07) is 1.31. The van der Waals surface area contributed by atoms with E-state index in [-0.39, 0.29) is 15.8 Å². The number of hydrogen-bond acceptors (Lipinski definition) is 5. The first-order valence-electron chi connectivity index (χ1n) is 5.58. The second-order valence-corrected chi connectivity index (χ2v) is 7.40. The van der Waals surface area contributed by atoms with Gasteiger partial charge in [-0.05, 0) is 19.9 Å². The van der Waals surface area contributed by atoms with E-state index in [4.69, 9.17) is 32.7 Å². The fourth-order valence-electron chi connectivity index (χ4n) is 1.30. The summed E-state index contributed by atoms with van der Waals surface area (Å²) in [5.74, 6) is 0. The molecule has 0 aliphatic carbocycles. The Kier molecular flexibility index (Phi) is 7.02. The van der Waals surface area contributed by atoms with Gasteiger partial charge in [-0.15, -0.1) is 11.3 Å². The summed E-state index contributed by atoms with van der Waals surface area (Å²) in [6.07, 6.45) is -0.627. The number of hydrogen-bond donors (Lipinski definition) is 1. The Morgan fingerprint density at radius 1 is 1.32 bits per heavy atom. The molecule has 5 nitrogen and oxygen atoms in total. The van der Waals surface area contributed by atoms with E-state index in [1.165, 1.54) is 6.07 Å². The van der Waals surface area contributed by atoms with Gasteiger partial charge in [0.1, 0.15) is 9.23 Å². The van der Waals surface area contributed by atoms with Crippen LogP contribution in [0.25, 0.3) is 0 Å². The summed E-state index contributed by atoms with van der Waals surface area (Å²) in [5.41, 5.74) is 0. The van der Waals surface area contributed by atoms with Crippen LogP contribution in [-0.2, 0) is 19.5 Å². The second kappa shape index (κ2) is 7.78. The molecule has 1 rings (SSSR count). The van der Waals surface area contributed by atoms with Crippen molar-refractivity contribution in [2.45, 2.75) is 25.0 Å². The van der Waals surface area contributed by atoms with Crippen LogP contribution < -0.4 is 4.72 Å². The molecular formula is C10H15Cl2NO4S2. The van der Waals surface area contributed by atoms with Crippen molar-refractivity contribution in [1.82, 2.24) is 4.72 Å². The second-order valence-electron chi connectivity index (χ2n) is 3.38. The number of rotatable bonds is 8. The van der Waals surface area contributed by atoms with Gasteiger partial charge in [-0.3, -0.25) is 0 Å². The van der Waals surface area contributed by atoms with E-state index in [9.17, 15) is 8.42 Å². The van der Waals surface area contributed by atoms with E-state index < -0.39 is 16.3 Å². The van der Waals surface area contributed by atoms with Gasteiger partial charge in [0.05, 0.1) is 10.9 Å². The van der Waals surface area contributed by atoms with Crippen LogP contribution >= 0.6 is 34.5 Å². The molecule has 0 radical (unpaired) electrons. The first-order valence-corrected chi connectivity index (χ1v) is 8.64. The number of ether oxygens (including phenoxy) is 2. The fraction of sp³-hybridized carbons (Fsp3) is 0.600. The van der Waals surface area contributed by atoms with Crippen molar-refractivity contribution in [3.05, 3.63) is 14.7 Å². The van der Waals surface area contributed by atoms with Crippen LogP contribution in [0.15, 0.2) is 11.0 Å². The summed E-state index contributed by atoms with van der Waals surface area (Å²) < 4.78 is 37.4. The van der Waals surface area contributed by atoms with Gasteiger partial charge in [0.25, 0.3) is 0 Å².